The third-order valence-electron chi connectivity index (χ3n) is 5.99. The van der Waals surface area contributed by atoms with Crippen molar-refractivity contribution in [3.05, 3.63) is 89.2 Å². The van der Waals surface area contributed by atoms with Gasteiger partial charge in [-0.1, -0.05) is 42.0 Å². The molecule has 0 saturated carbocycles. The molecule has 0 radical (unpaired) electrons. The molecule has 0 atom stereocenters. The van der Waals surface area contributed by atoms with Crippen LogP contribution in [0.5, 0.6) is 11.5 Å². The number of aryl methyl sites for hydroxylation is 2. The van der Waals surface area contributed by atoms with Crippen LogP contribution in [0.15, 0.2) is 71.4 Å². The molecule has 1 aromatic heterocycles. The Morgan fingerprint density at radius 1 is 1.03 bits per heavy atom. The molecule has 0 bridgehead atoms. The molecule has 1 amide bonds. The van der Waals surface area contributed by atoms with E-state index in [-0.39, 0.29) is 5.91 Å². The number of allylic oxidation sites excluding steroid dienone is 1. The summed E-state index contributed by atoms with van der Waals surface area (Å²) in [6.45, 7) is 6.40. The highest BCUT2D eigenvalue weighted by molar-refractivity contribution is 6.01. The van der Waals surface area contributed by atoms with E-state index < -0.39 is 0 Å². The number of methoxy groups -OCH3 is 2. The second-order valence-corrected chi connectivity index (χ2v) is 8.37. The van der Waals surface area contributed by atoms with Gasteiger partial charge in [-0.2, -0.15) is 0 Å². The molecular formula is C29H29NO4. The summed E-state index contributed by atoms with van der Waals surface area (Å²) >= 11 is 0. The number of hydrogen-bond donors (Lipinski definition) is 1. The number of rotatable bonds is 7. The number of benzene rings is 3. The Hall–Kier alpha value is -3.99. The van der Waals surface area contributed by atoms with Gasteiger partial charge in [0, 0.05) is 34.7 Å². The monoisotopic (exact) mass is 455 g/mol. The predicted molar refractivity (Wildman–Crippen MR) is 136 cm³/mol. The van der Waals surface area contributed by atoms with Crippen molar-refractivity contribution in [2.75, 3.05) is 14.2 Å². The van der Waals surface area contributed by atoms with E-state index in [4.69, 9.17) is 13.9 Å². The van der Waals surface area contributed by atoms with Crippen molar-refractivity contribution in [1.82, 2.24) is 5.32 Å². The summed E-state index contributed by atoms with van der Waals surface area (Å²) in [6.07, 6.45) is 3.37. The minimum atomic E-state index is -0.155. The van der Waals surface area contributed by atoms with Crippen LogP contribution in [0, 0.1) is 13.8 Å². The maximum atomic E-state index is 12.7. The fraction of sp³-hybridized carbons (Fsp3) is 0.207. The molecule has 0 spiro atoms. The number of carbonyl (C=O) groups is 1. The van der Waals surface area contributed by atoms with Gasteiger partial charge in [-0.25, -0.2) is 0 Å². The summed E-state index contributed by atoms with van der Waals surface area (Å²) in [5.41, 5.74) is 7.50. The van der Waals surface area contributed by atoms with Crippen LogP contribution < -0.4 is 14.8 Å². The zero-order chi connectivity index (χ0) is 24.2. The van der Waals surface area contributed by atoms with Gasteiger partial charge in [0.1, 0.15) is 17.1 Å². The largest absolute Gasteiger partial charge is 0.497 e. The van der Waals surface area contributed by atoms with Crippen molar-refractivity contribution >= 4 is 22.4 Å². The second kappa shape index (κ2) is 9.87. The lowest BCUT2D eigenvalue weighted by atomic mass is 9.96. The minimum Gasteiger partial charge on any atom is -0.497 e. The Balaban J connectivity index is 1.68. The van der Waals surface area contributed by atoms with E-state index in [1.165, 1.54) is 5.56 Å². The molecule has 0 aliphatic heterocycles. The van der Waals surface area contributed by atoms with E-state index >= 15 is 0 Å². The maximum Gasteiger partial charge on any atom is 0.244 e. The van der Waals surface area contributed by atoms with E-state index in [1.54, 1.807) is 26.6 Å². The highest BCUT2D eigenvalue weighted by Gasteiger charge is 2.19. The van der Waals surface area contributed by atoms with Crippen LogP contribution in [-0.4, -0.2) is 20.1 Å². The van der Waals surface area contributed by atoms with E-state index in [0.29, 0.717) is 12.3 Å². The lowest BCUT2D eigenvalue weighted by Crippen LogP contribution is -2.20. The van der Waals surface area contributed by atoms with Gasteiger partial charge in [-0.3, -0.25) is 4.79 Å². The fourth-order valence-corrected chi connectivity index (χ4v) is 4.11. The predicted octanol–water partition coefficient (Wildman–Crippen LogP) is 6.45. The van der Waals surface area contributed by atoms with Gasteiger partial charge >= 0.3 is 0 Å². The molecule has 174 valence electrons. The van der Waals surface area contributed by atoms with Crippen LogP contribution >= 0.6 is 0 Å². The Kier molecular flexibility index (Phi) is 6.73. The lowest BCUT2D eigenvalue weighted by molar-refractivity contribution is -0.116. The highest BCUT2D eigenvalue weighted by Crippen LogP contribution is 2.41. The Morgan fingerprint density at radius 3 is 2.50 bits per heavy atom. The molecule has 3 aromatic carbocycles. The Morgan fingerprint density at radius 2 is 1.79 bits per heavy atom. The first kappa shape index (κ1) is 23.2. The molecule has 5 heteroatoms. The summed E-state index contributed by atoms with van der Waals surface area (Å²) in [7, 11) is 3.28. The number of amides is 1. The SMILES string of the molecule is COc1cccc(-c2coc3c(C)c(OC)c(/C(C)=C/C(=O)NCc4ccc(C)cc4)cc23)c1. The maximum absolute atomic E-state index is 12.7. The molecule has 0 unspecified atom stereocenters. The van der Waals surface area contributed by atoms with Gasteiger partial charge in [0.05, 0.1) is 20.5 Å². The van der Waals surface area contributed by atoms with Gasteiger partial charge in [-0.05, 0) is 55.7 Å². The summed E-state index contributed by atoms with van der Waals surface area (Å²) in [4.78, 5) is 12.7. The number of nitrogens with one attached hydrogen (secondary N) is 1. The summed E-state index contributed by atoms with van der Waals surface area (Å²) < 4.78 is 17.1. The van der Waals surface area contributed by atoms with Crippen LogP contribution in [-0.2, 0) is 11.3 Å². The second-order valence-electron chi connectivity index (χ2n) is 8.37. The Labute approximate surface area is 200 Å². The molecule has 34 heavy (non-hydrogen) atoms. The van der Waals surface area contributed by atoms with Crippen LogP contribution in [0.4, 0.5) is 0 Å². The fourth-order valence-electron chi connectivity index (χ4n) is 4.11. The standard InChI is InChI=1S/C29H29NO4/c1-18-9-11-21(12-10-18)16-30-27(31)13-19(2)24-15-25-26(22-7-6-8-23(14-22)32-4)17-34-29(25)20(3)28(24)33-5/h6-15,17H,16H2,1-5H3,(H,30,31)/b19-13+. The zero-order valence-corrected chi connectivity index (χ0v) is 20.2. The van der Waals surface area contributed by atoms with Crippen molar-refractivity contribution in [3.8, 4) is 22.6 Å². The molecule has 0 saturated heterocycles. The third-order valence-corrected chi connectivity index (χ3v) is 5.99. The highest BCUT2D eigenvalue weighted by atomic mass is 16.5. The van der Waals surface area contributed by atoms with Gasteiger partial charge in [0.15, 0.2) is 0 Å². The molecule has 0 aliphatic carbocycles. The van der Waals surface area contributed by atoms with E-state index in [1.807, 2.05) is 75.4 Å². The molecule has 4 aromatic rings. The minimum absolute atomic E-state index is 0.155. The van der Waals surface area contributed by atoms with E-state index in [0.717, 1.165) is 50.1 Å². The first-order valence-electron chi connectivity index (χ1n) is 11.2. The van der Waals surface area contributed by atoms with Crippen molar-refractivity contribution < 1.29 is 18.7 Å². The van der Waals surface area contributed by atoms with Gasteiger partial charge in [0.2, 0.25) is 5.91 Å². The normalized spacial score (nSPS) is 11.5. The summed E-state index contributed by atoms with van der Waals surface area (Å²) in [5, 5.41) is 3.92. The quantitative estimate of drug-likeness (QED) is 0.325. The van der Waals surface area contributed by atoms with Crippen molar-refractivity contribution in [3.63, 3.8) is 0 Å². The molecular weight excluding hydrogens is 426 g/mol. The first-order chi connectivity index (χ1) is 16.4. The van der Waals surface area contributed by atoms with Crippen molar-refractivity contribution in [2.45, 2.75) is 27.3 Å². The molecule has 1 N–H and O–H groups in total. The van der Waals surface area contributed by atoms with Gasteiger partial charge < -0.3 is 19.2 Å². The van der Waals surface area contributed by atoms with Gasteiger partial charge in [0.25, 0.3) is 0 Å². The third kappa shape index (κ3) is 4.69. The number of fused-ring (bicyclic) bond motifs is 1. The number of hydrogen-bond acceptors (Lipinski definition) is 4. The topological polar surface area (TPSA) is 60.7 Å². The molecule has 0 fully saturated rings. The Bertz CT molecular complexity index is 1360. The van der Waals surface area contributed by atoms with Crippen LogP contribution in [0.3, 0.4) is 0 Å². The van der Waals surface area contributed by atoms with Crippen LogP contribution in [0.1, 0.15) is 29.2 Å². The average Bonchev–Trinajstić information content (AvgIpc) is 3.28. The molecule has 5 nitrogen and oxygen atoms in total. The molecule has 0 aliphatic rings. The first-order valence-corrected chi connectivity index (χ1v) is 11.2. The summed E-state index contributed by atoms with van der Waals surface area (Å²) in [5.74, 6) is 1.32. The van der Waals surface area contributed by atoms with Gasteiger partial charge in [-0.15, -0.1) is 0 Å². The summed E-state index contributed by atoms with van der Waals surface area (Å²) in [6, 6.07) is 18.0. The van der Waals surface area contributed by atoms with Crippen LogP contribution in [0.25, 0.3) is 27.7 Å². The number of ether oxygens (including phenoxy) is 2. The smallest absolute Gasteiger partial charge is 0.244 e. The zero-order valence-electron chi connectivity index (χ0n) is 20.2. The lowest BCUT2D eigenvalue weighted by Gasteiger charge is -2.13. The van der Waals surface area contributed by atoms with Crippen molar-refractivity contribution in [2.24, 2.45) is 0 Å². The number of carbonyl (C=O) groups excluding carboxylic acids is 1. The number of furan rings is 1. The van der Waals surface area contributed by atoms with E-state index in [2.05, 4.69) is 5.32 Å². The van der Waals surface area contributed by atoms with Crippen LogP contribution in [0.2, 0.25) is 0 Å². The molecule has 1 heterocycles. The van der Waals surface area contributed by atoms with E-state index in [9.17, 15) is 4.79 Å². The molecule has 4 rings (SSSR count). The van der Waals surface area contributed by atoms with Crippen molar-refractivity contribution in [1.29, 1.82) is 0 Å². The average molecular weight is 456 g/mol.